The Balaban J connectivity index is 4.71. The van der Waals surface area contributed by atoms with Gasteiger partial charge in [0.2, 0.25) is 29.5 Å². The van der Waals surface area contributed by atoms with Crippen LogP contribution in [0.4, 0.5) is 0 Å². The van der Waals surface area contributed by atoms with Crippen molar-refractivity contribution in [2.75, 3.05) is 26.2 Å². The van der Waals surface area contributed by atoms with Crippen molar-refractivity contribution in [2.24, 2.45) is 11.5 Å². The van der Waals surface area contributed by atoms with E-state index >= 15 is 0 Å². The second-order valence-corrected chi connectivity index (χ2v) is 7.46. The molecule has 0 aromatic carbocycles. The van der Waals surface area contributed by atoms with E-state index in [-0.39, 0.29) is 6.42 Å². The minimum atomic E-state index is -1.58. The van der Waals surface area contributed by atoms with Gasteiger partial charge in [0.25, 0.3) is 0 Å². The molecule has 0 spiro atoms. The van der Waals surface area contributed by atoms with Crippen molar-refractivity contribution in [3.8, 4) is 0 Å². The maximum absolute atomic E-state index is 12.3. The fourth-order valence-corrected chi connectivity index (χ4v) is 2.49. The standard InChI is InChI=1S/C19H33N7O9/c1-10(21)17(32)23-7-13(27)22-8-14(28)26-12(6-16(30)31)18(33)24-9-15(29)25-11(19(34)35)4-2-3-5-20/h10-12H,2-9,20-21H2,1H3,(H,22,27)(H,23,32)(H,24,33)(H,25,29)(H,26,28)(H,30,31)(H,34,35)/t10-,11-,12-/m0/s1. The smallest absolute Gasteiger partial charge is 0.326 e. The van der Waals surface area contributed by atoms with E-state index in [9.17, 15) is 33.6 Å². The van der Waals surface area contributed by atoms with Crippen LogP contribution in [0.15, 0.2) is 0 Å². The molecule has 0 fully saturated rings. The van der Waals surface area contributed by atoms with Crippen LogP contribution in [0.25, 0.3) is 0 Å². The molecule has 11 N–H and O–H groups in total. The molecule has 5 amide bonds. The van der Waals surface area contributed by atoms with E-state index < -0.39 is 85.7 Å². The first-order valence-electron chi connectivity index (χ1n) is 10.7. The van der Waals surface area contributed by atoms with Gasteiger partial charge in [0, 0.05) is 0 Å². The molecule has 0 aliphatic heterocycles. The number of carbonyl (C=O) groups excluding carboxylic acids is 5. The molecule has 0 saturated carbocycles. The van der Waals surface area contributed by atoms with Crippen LogP contribution in [0.5, 0.6) is 0 Å². The molecule has 198 valence electrons. The van der Waals surface area contributed by atoms with Crippen LogP contribution in [-0.2, 0) is 33.6 Å². The zero-order valence-corrected chi connectivity index (χ0v) is 19.3. The van der Waals surface area contributed by atoms with Gasteiger partial charge in [-0.15, -0.1) is 0 Å². The Kier molecular flexibility index (Phi) is 15.0. The maximum atomic E-state index is 12.3. The van der Waals surface area contributed by atoms with E-state index in [0.29, 0.717) is 19.4 Å². The molecule has 0 radical (unpaired) electrons. The molecule has 0 bridgehead atoms. The van der Waals surface area contributed by atoms with Gasteiger partial charge in [-0.25, -0.2) is 4.79 Å². The third kappa shape index (κ3) is 14.9. The molecule has 0 aromatic heterocycles. The first-order valence-corrected chi connectivity index (χ1v) is 10.7. The zero-order chi connectivity index (χ0) is 27.0. The van der Waals surface area contributed by atoms with Gasteiger partial charge in [-0.05, 0) is 32.7 Å². The Morgan fingerprint density at radius 2 is 1.26 bits per heavy atom. The van der Waals surface area contributed by atoms with Gasteiger partial charge in [-0.2, -0.15) is 0 Å². The lowest BCUT2D eigenvalue weighted by molar-refractivity contribution is -0.142. The molecule has 0 unspecified atom stereocenters. The first-order chi connectivity index (χ1) is 16.4. The van der Waals surface area contributed by atoms with E-state index in [1.165, 1.54) is 6.92 Å². The lowest BCUT2D eigenvalue weighted by atomic mass is 10.1. The Hall–Kier alpha value is -3.79. The Labute approximate surface area is 200 Å². The molecule has 16 nitrogen and oxygen atoms in total. The average molecular weight is 504 g/mol. The van der Waals surface area contributed by atoms with Crippen LogP contribution in [0.1, 0.15) is 32.6 Å². The Morgan fingerprint density at radius 3 is 1.77 bits per heavy atom. The minimum Gasteiger partial charge on any atom is -0.481 e. The number of amides is 5. The molecule has 0 aliphatic rings. The predicted octanol–water partition coefficient (Wildman–Crippen LogP) is -4.66. The van der Waals surface area contributed by atoms with Crippen molar-refractivity contribution >= 4 is 41.5 Å². The van der Waals surface area contributed by atoms with Crippen molar-refractivity contribution < 1.29 is 43.8 Å². The van der Waals surface area contributed by atoms with Crippen molar-refractivity contribution in [3.63, 3.8) is 0 Å². The highest BCUT2D eigenvalue weighted by Gasteiger charge is 2.25. The number of carboxylic acid groups (broad SMARTS) is 2. The molecule has 16 heteroatoms. The van der Waals surface area contributed by atoms with Gasteiger partial charge in [-0.1, -0.05) is 0 Å². The lowest BCUT2D eigenvalue weighted by Crippen LogP contribution is -2.53. The quantitative estimate of drug-likeness (QED) is 0.0851. The zero-order valence-electron chi connectivity index (χ0n) is 19.3. The van der Waals surface area contributed by atoms with Crippen LogP contribution >= 0.6 is 0 Å². The summed E-state index contributed by atoms with van der Waals surface area (Å²) in [5, 5.41) is 29.0. The number of nitrogens with two attached hydrogens (primary N) is 2. The topological polar surface area (TPSA) is 272 Å². The minimum absolute atomic E-state index is 0.130. The predicted molar refractivity (Wildman–Crippen MR) is 119 cm³/mol. The van der Waals surface area contributed by atoms with Crippen LogP contribution in [-0.4, -0.2) is 96.0 Å². The van der Waals surface area contributed by atoms with Crippen molar-refractivity contribution in [1.29, 1.82) is 0 Å². The van der Waals surface area contributed by atoms with E-state index in [2.05, 4.69) is 26.6 Å². The summed E-state index contributed by atoms with van der Waals surface area (Å²) in [6.07, 6.45) is 0.329. The molecule has 0 saturated heterocycles. The number of carboxylic acids is 2. The van der Waals surface area contributed by atoms with Gasteiger partial charge < -0.3 is 48.3 Å². The lowest BCUT2D eigenvalue weighted by Gasteiger charge is -2.18. The molecule has 0 aliphatic carbocycles. The molecule has 0 heterocycles. The largest absolute Gasteiger partial charge is 0.481 e. The third-order valence-electron chi connectivity index (χ3n) is 4.32. The average Bonchev–Trinajstić information content (AvgIpc) is 2.77. The first kappa shape index (κ1) is 31.2. The summed E-state index contributed by atoms with van der Waals surface area (Å²) in [4.78, 5) is 81.5. The fourth-order valence-electron chi connectivity index (χ4n) is 2.49. The van der Waals surface area contributed by atoms with Gasteiger partial charge in [0.1, 0.15) is 12.1 Å². The van der Waals surface area contributed by atoms with E-state index in [1.807, 2.05) is 0 Å². The van der Waals surface area contributed by atoms with Crippen molar-refractivity contribution in [2.45, 2.75) is 50.7 Å². The molecule has 0 rings (SSSR count). The number of unbranched alkanes of at least 4 members (excludes halogenated alkanes) is 1. The molecule has 35 heavy (non-hydrogen) atoms. The van der Waals surface area contributed by atoms with Crippen LogP contribution < -0.4 is 38.1 Å². The summed E-state index contributed by atoms with van der Waals surface area (Å²) in [6, 6.07) is -3.61. The number of carbonyl (C=O) groups is 7. The van der Waals surface area contributed by atoms with Crippen LogP contribution in [0.3, 0.4) is 0 Å². The van der Waals surface area contributed by atoms with Crippen LogP contribution in [0, 0.1) is 0 Å². The van der Waals surface area contributed by atoms with E-state index in [4.69, 9.17) is 21.7 Å². The number of hydrogen-bond donors (Lipinski definition) is 9. The summed E-state index contributed by atoms with van der Waals surface area (Å²) < 4.78 is 0. The van der Waals surface area contributed by atoms with Gasteiger partial charge >= 0.3 is 11.9 Å². The van der Waals surface area contributed by atoms with Gasteiger partial charge in [0.15, 0.2) is 0 Å². The molecule has 3 atom stereocenters. The SMILES string of the molecule is C[C@H](N)C(=O)NCC(=O)NCC(=O)N[C@@H](CC(=O)O)C(=O)NCC(=O)N[C@@H](CCCCN)C(=O)O. The van der Waals surface area contributed by atoms with Gasteiger partial charge in [0.05, 0.1) is 32.1 Å². The highest BCUT2D eigenvalue weighted by molar-refractivity contribution is 5.95. The van der Waals surface area contributed by atoms with E-state index in [1.54, 1.807) is 0 Å². The molecular formula is C19H33N7O9. The third-order valence-corrected chi connectivity index (χ3v) is 4.32. The van der Waals surface area contributed by atoms with Crippen molar-refractivity contribution in [1.82, 2.24) is 26.6 Å². The highest BCUT2D eigenvalue weighted by atomic mass is 16.4. The number of aliphatic carboxylic acids is 2. The summed E-state index contributed by atoms with van der Waals surface area (Å²) in [5.41, 5.74) is 10.7. The Bertz CT molecular complexity index is 789. The maximum Gasteiger partial charge on any atom is 0.326 e. The normalized spacial score (nSPS) is 12.9. The number of hydrogen-bond acceptors (Lipinski definition) is 9. The second-order valence-electron chi connectivity index (χ2n) is 7.46. The molecular weight excluding hydrogens is 470 g/mol. The molecule has 0 aromatic rings. The highest BCUT2D eigenvalue weighted by Crippen LogP contribution is 2.00. The Morgan fingerprint density at radius 1 is 0.743 bits per heavy atom. The summed E-state index contributed by atoms with van der Waals surface area (Å²) in [7, 11) is 0. The summed E-state index contributed by atoms with van der Waals surface area (Å²) in [5.74, 6) is -6.77. The van der Waals surface area contributed by atoms with E-state index in [0.717, 1.165) is 0 Å². The fraction of sp³-hybridized carbons (Fsp3) is 0.632. The van der Waals surface area contributed by atoms with Crippen LogP contribution in [0.2, 0.25) is 0 Å². The summed E-state index contributed by atoms with van der Waals surface area (Å²) in [6.45, 7) is 0.0272. The number of rotatable bonds is 17. The monoisotopic (exact) mass is 503 g/mol. The second kappa shape index (κ2) is 16.8. The van der Waals surface area contributed by atoms with Gasteiger partial charge in [-0.3, -0.25) is 28.8 Å². The number of nitrogens with one attached hydrogen (secondary N) is 5. The van der Waals surface area contributed by atoms with Crippen molar-refractivity contribution in [3.05, 3.63) is 0 Å². The summed E-state index contributed by atoms with van der Waals surface area (Å²) >= 11 is 0.